The Bertz CT molecular complexity index is 1450. The number of rotatable bonds is 11. The molecule has 0 saturated carbocycles. The fourth-order valence-corrected chi connectivity index (χ4v) is 7.21. The van der Waals surface area contributed by atoms with Crippen LogP contribution in [0.2, 0.25) is 0 Å². The fraction of sp³-hybridized carbons (Fsp3) is 0.531. The molecule has 0 bridgehead atoms. The Morgan fingerprint density at radius 2 is 1.53 bits per heavy atom. The lowest BCUT2D eigenvalue weighted by molar-refractivity contribution is -0.134. The number of benzene rings is 2. The molecule has 2 amide bonds. The van der Waals surface area contributed by atoms with Crippen LogP contribution in [0.15, 0.2) is 46.3 Å². The normalized spacial score (nSPS) is 15.1. The average Bonchev–Trinajstić information content (AvgIpc) is 2.99. The van der Waals surface area contributed by atoms with Gasteiger partial charge in [0.15, 0.2) is 0 Å². The number of hydrogen-bond acceptors (Lipinski definition) is 7. The van der Waals surface area contributed by atoms with E-state index in [-0.39, 0.29) is 67.8 Å². The lowest BCUT2D eigenvalue weighted by Crippen LogP contribution is -2.56. The minimum Gasteiger partial charge on any atom is -0.450 e. The van der Waals surface area contributed by atoms with Crippen LogP contribution >= 0.6 is 0 Å². The van der Waals surface area contributed by atoms with Crippen LogP contribution in [0.25, 0.3) is 0 Å². The molecule has 3 rings (SSSR count). The van der Waals surface area contributed by atoms with Crippen LogP contribution in [0.4, 0.5) is 10.5 Å². The summed E-state index contributed by atoms with van der Waals surface area (Å²) >= 11 is 0. The van der Waals surface area contributed by atoms with Gasteiger partial charge in [0.1, 0.15) is 6.04 Å². The third-order valence-corrected chi connectivity index (χ3v) is 9.38. The van der Waals surface area contributed by atoms with E-state index < -0.39 is 28.1 Å². The number of ether oxygens (including phenoxy) is 1. The molecule has 2 aromatic carbocycles. The van der Waals surface area contributed by atoms with Gasteiger partial charge >= 0.3 is 6.09 Å². The first-order valence-corrected chi connectivity index (χ1v) is 16.9. The molecular formula is C32H48N6O6S. The zero-order valence-electron chi connectivity index (χ0n) is 27.3. The molecule has 248 valence electrons. The lowest BCUT2D eigenvalue weighted by atomic mass is 9.89. The SMILES string of the molecule is CCOC(=O)N1CCN(C(=O)[C@@H](Cc2cccc(N=C(N)NO)c2)NS(=O)(=O)c2c(C(C)C)cc(C(C)C)cc2C(C)C)CC1. The molecule has 1 aliphatic heterocycles. The summed E-state index contributed by atoms with van der Waals surface area (Å²) in [5.74, 6) is -0.580. The van der Waals surface area contributed by atoms with Crippen LogP contribution in [0, 0.1) is 0 Å². The average molecular weight is 645 g/mol. The Kier molecular flexibility index (Phi) is 12.4. The van der Waals surface area contributed by atoms with E-state index in [0.29, 0.717) is 22.4 Å². The second kappa shape index (κ2) is 15.5. The number of nitrogens with two attached hydrogens (primary N) is 1. The molecular weight excluding hydrogens is 596 g/mol. The number of amides is 2. The number of carbonyl (C=O) groups excluding carboxylic acids is 2. The summed E-state index contributed by atoms with van der Waals surface area (Å²) in [6.45, 7) is 15.0. The molecule has 45 heavy (non-hydrogen) atoms. The van der Waals surface area contributed by atoms with Crippen molar-refractivity contribution in [1.29, 1.82) is 0 Å². The Balaban J connectivity index is 2.05. The molecule has 0 aliphatic carbocycles. The molecule has 0 spiro atoms. The van der Waals surface area contributed by atoms with Gasteiger partial charge in [0.2, 0.25) is 21.9 Å². The number of nitrogens with one attached hydrogen (secondary N) is 2. The first-order chi connectivity index (χ1) is 21.2. The predicted octanol–water partition coefficient (Wildman–Crippen LogP) is 4.17. The van der Waals surface area contributed by atoms with E-state index in [1.54, 1.807) is 41.6 Å². The van der Waals surface area contributed by atoms with E-state index in [4.69, 9.17) is 15.7 Å². The highest BCUT2D eigenvalue weighted by molar-refractivity contribution is 7.89. The topological polar surface area (TPSA) is 167 Å². The lowest BCUT2D eigenvalue weighted by Gasteiger charge is -2.36. The molecule has 1 aliphatic rings. The van der Waals surface area contributed by atoms with Crippen LogP contribution in [-0.2, 0) is 26.0 Å². The molecule has 1 atom stereocenters. The van der Waals surface area contributed by atoms with Crippen molar-refractivity contribution in [1.82, 2.24) is 20.0 Å². The summed E-state index contributed by atoms with van der Waals surface area (Å²) in [5.41, 5.74) is 10.9. The van der Waals surface area contributed by atoms with Crippen molar-refractivity contribution in [3.8, 4) is 0 Å². The second-order valence-corrected chi connectivity index (χ2v) is 13.8. The summed E-state index contributed by atoms with van der Waals surface area (Å²) in [5, 5.41) is 9.05. The molecule has 0 unspecified atom stereocenters. The van der Waals surface area contributed by atoms with Crippen molar-refractivity contribution in [2.45, 2.75) is 83.6 Å². The highest BCUT2D eigenvalue weighted by Gasteiger charge is 2.35. The smallest absolute Gasteiger partial charge is 0.409 e. The van der Waals surface area contributed by atoms with Gasteiger partial charge in [-0.1, -0.05) is 65.8 Å². The Labute approximate surface area is 267 Å². The number of carbonyl (C=O) groups is 2. The number of guanidine groups is 1. The quantitative estimate of drug-likeness (QED) is 0.161. The Hall–Kier alpha value is -3.68. The summed E-state index contributed by atoms with van der Waals surface area (Å²) in [6.07, 6.45) is -0.410. The number of piperazine rings is 1. The molecule has 0 aromatic heterocycles. The third kappa shape index (κ3) is 9.18. The first kappa shape index (κ1) is 35.8. The Morgan fingerprint density at radius 3 is 2.04 bits per heavy atom. The van der Waals surface area contributed by atoms with E-state index in [0.717, 1.165) is 5.56 Å². The van der Waals surface area contributed by atoms with E-state index in [1.165, 1.54) is 4.90 Å². The summed E-state index contributed by atoms with van der Waals surface area (Å²) in [6, 6.07) is 9.60. The van der Waals surface area contributed by atoms with Crippen molar-refractivity contribution in [2.24, 2.45) is 10.7 Å². The van der Waals surface area contributed by atoms with Gasteiger partial charge in [0.25, 0.3) is 0 Å². The van der Waals surface area contributed by atoms with Crippen molar-refractivity contribution in [2.75, 3.05) is 32.8 Å². The molecule has 1 heterocycles. The largest absolute Gasteiger partial charge is 0.450 e. The predicted molar refractivity (Wildman–Crippen MR) is 174 cm³/mol. The zero-order valence-corrected chi connectivity index (χ0v) is 28.1. The third-order valence-electron chi connectivity index (χ3n) is 7.78. The monoisotopic (exact) mass is 644 g/mol. The van der Waals surface area contributed by atoms with Gasteiger partial charge in [-0.3, -0.25) is 10.0 Å². The van der Waals surface area contributed by atoms with E-state index in [9.17, 15) is 18.0 Å². The van der Waals surface area contributed by atoms with Crippen LogP contribution in [0.5, 0.6) is 0 Å². The fourth-order valence-electron chi connectivity index (χ4n) is 5.32. The minimum absolute atomic E-state index is 0.0318. The van der Waals surface area contributed by atoms with Gasteiger partial charge in [0.05, 0.1) is 17.2 Å². The molecule has 13 heteroatoms. The van der Waals surface area contributed by atoms with Crippen LogP contribution in [0.3, 0.4) is 0 Å². The zero-order chi connectivity index (χ0) is 33.5. The molecule has 1 saturated heterocycles. The highest BCUT2D eigenvalue weighted by Crippen LogP contribution is 2.35. The van der Waals surface area contributed by atoms with Crippen molar-refractivity contribution in [3.63, 3.8) is 0 Å². The van der Waals surface area contributed by atoms with Crippen LogP contribution in [-0.4, -0.2) is 80.2 Å². The summed E-state index contributed by atoms with van der Waals surface area (Å²) < 4.78 is 36.7. The number of hydrogen-bond donors (Lipinski definition) is 4. The van der Waals surface area contributed by atoms with Crippen molar-refractivity contribution >= 4 is 33.7 Å². The highest BCUT2D eigenvalue weighted by atomic mass is 32.2. The van der Waals surface area contributed by atoms with Gasteiger partial charge in [-0.15, -0.1) is 0 Å². The van der Waals surface area contributed by atoms with Gasteiger partial charge in [-0.2, -0.15) is 4.72 Å². The molecule has 2 aromatic rings. The first-order valence-electron chi connectivity index (χ1n) is 15.4. The van der Waals surface area contributed by atoms with E-state index >= 15 is 0 Å². The molecule has 5 N–H and O–H groups in total. The Morgan fingerprint density at radius 1 is 0.956 bits per heavy atom. The second-order valence-electron chi connectivity index (χ2n) is 12.2. The molecule has 12 nitrogen and oxygen atoms in total. The maximum Gasteiger partial charge on any atom is 0.409 e. The van der Waals surface area contributed by atoms with E-state index in [2.05, 4.69) is 23.6 Å². The summed E-state index contributed by atoms with van der Waals surface area (Å²) in [4.78, 5) is 33.7. The number of hydroxylamine groups is 1. The summed E-state index contributed by atoms with van der Waals surface area (Å²) in [7, 11) is -4.19. The van der Waals surface area contributed by atoms with Crippen molar-refractivity contribution < 1.29 is 28.0 Å². The molecule has 0 radical (unpaired) electrons. The number of nitrogens with zero attached hydrogens (tertiary/aromatic N) is 3. The maximum atomic E-state index is 14.4. The number of sulfonamides is 1. The number of aliphatic imine (C=N–C) groups is 1. The van der Waals surface area contributed by atoms with Gasteiger partial charge in [0, 0.05) is 26.2 Å². The van der Waals surface area contributed by atoms with Crippen molar-refractivity contribution in [3.05, 3.63) is 58.7 Å². The van der Waals surface area contributed by atoms with Crippen LogP contribution in [0.1, 0.15) is 88.5 Å². The van der Waals surface area contributed by atoms with Gasteiger partial charge < -0.3 is 20.3 Å². The van der Waals surface area contributed by atoms with Gasteiger partial charge in [-0.25, -0.2) is 23.7 Å². The minimum atomic E-state index is -4.19. The van der Waals surface area contributed by atoms with Gasteiger partial charge in [-0.05, 0) is 65.5 Å². The van der Waals surface area contributed by atoms with E-state index in [1.807, 2.05) is 39.8 Å². The maximum absolute atomic E-state index is 14.4. The molecule has 1 fully saturated rings. The standard InChI is InChI=1S/C32H48N6O6S/c1-8-44-32(40)38-14-12-37(13-15-38)30(39)28(17-23-10-9-11-25(16-23)34-31(33)35-41)36-45(42,43)29-26(21(4)5)18-24(20(2)3)19-27(29)22(6)7/h9-11,16,18-22,28,36,41H,8,12-15,17H2,1-7H3,(H3,33,34,35)/t28-/m1/s1. The van der Waals surface area contributed by atoms with Crippen LogP contribution < -0.4 is 15.9 Å².